The maximum absolute atomic E-state index is 12.5. The Morgan fingerprint density at radius 3 is 2.58 bits per heavy atom. The molecule has 1 N–H and O–H groups in total. The summed E-state index contributed by atoms with van der Waals surface area (Å²) in [4.78, 5) is 14.9. The van der Waals surface area contributed by atoms with Crippen molar-refractivity contribution in [3.8, 4) is 5.75 Å². The number of piperidine rings is 1. The summed E-state index contributed by atoms with van der Waals surface area (Å²) in [5.74, 6) is 0.628. The number of nitrogens with zero attached hydrogens (tertiary/aromatic N) is 1. The van der Waals surface area contributed by atoms with Gasteiger partial charge in [0.1, 0.15) is 5.75 Å². The third-order valence-corrected chi connectivity index (χ3v) is 4.71. The summed E-state index contributed by atoms with van der Waals surface area (Å²) in [6, 6.07) is 15.5. The first-order valence-electron chi connectivity index (χ1n) is 9.65. The van der Waals surface area contributed by atoms with Crippen molar-refractivity contribution in [2.75, 3.05) is 29.9 Å². The van der Waals surface area contributed by atoms with E-state index in [0.717, 1.165) is 37.4 Å². The van der Waals surface area contributed by atoms with E-state index in [1.165, 1.54) is 24.9 Å². The molecule has 2 aromatic rings. The summed E-state index contributed by atoms with van der Waals surface area (Å²) in [7, 11) is 0. The molecule has 1 aliphatic rings. The van der Waals surface area contributed by atoms with Crippen LogP contribution in [0.15, 0.2) is 48.5 Å². The van der Waals surface area contributed by atoms with Crippen LogP contribution in [0.25, 0.3) is 0 Å². The van der Waals surface area contributed by atoms with Crippen LogP contribution >= 0.6 is 0 Å². The highest BCUT2D eigenvalue weighted by atomic mass is 16.5. The number of hydrogen-bond acceptors (Lipinski definition) is 3. The maximum Gasteiger partial charge on any atom is 0.255 e. The fourth-order valence-corrected chi connectivity index (χ4v) is 3.17. The van der Waals surface area contributed by atoms with Gasteiger partial charge in [-0.3, -0.25) is 4.79 Å². The molecule has 0 radical (unpaired) electrons. The molecule has 0 bridgehead atoms. The van der Waals surface area contributed by atoms with E-state index in [2.05, 4.69) is 29.3 Å². The number of carbonyl (C=O) groups excluding carboxylic acids is 1. The SMILES string of the molecule is CCCCOc1cccc(C(=O)Nc2ccc(N3CCCCC3)cc2)c1. The lowest BCUT2D eigenvalue weighted by Crippen LogP contribution is -2.29. The van der Waals surface area contributed by atoms with E-state index in [1.807, 2.05) is 30.3 Å². The third kappa shape index (κ3) is 5.01. The van der Waals surface area contributed by atoms with Crippen molar-refractivity contribution in [2.24, 2.45) is 0 Å². The van der Waals surface area contributed by atoms with Gasteiger partial charge < -0.3 is 15.0 Å². The Kier molecular flexibility index (Phi) is 6.53. The Morgan fingerprint density at radius 2 is 1.85 bits per heavy atom. The van der Waals surface area contributed by atoms with Gasteiger partial charge in [0.2, 0.25) is 0 Å². The second kappa shape index (κ2) is 9.27. The molecule has 0 saturated carbocycles. The molecule has 1 heterocycles. The third-order valence-electron chi connectivity index (χ3n) is 4.71. The van der Waals surface area contributed by atoms with Gasteiger partial charge in [-0.1, -0.05) is 19.4 Å². The van der Waals surface area contributed by atoms with Crippen LogP contribution in [0.1, 0.15) is 49.4 Å². The van der Waals surface area contributed by atoms with E-state index < -0.39 is 0 Å². The van der Waals surface area contributed by atoms with Crippen molar-refractivity contribution in [1.29, 1.82) is 0 Å². The Bertz CT molecular complexity index is 706. The number of unbranched alkanes of at least 4 members (excludes halogenated alkanes) is 1. The molecule has 1 aliphatic heterocycles. The normalized spacial score (nSPS) is 14.1. The first-order valence-corrected chi connectivity index (χ1v) is 9.65. The standard InChI is InChI=1S/C22H28N2O2/c1-2-3-16-26-21-9-7-8-18(17-21)22(25)23-19-10-12-20(13-11-19)24-14-5-4-6-15-24/h7-13,17H,2-6,14-16H2,1H3,(H,23,25). The predicted octanol–water partition coefficient (Wildman–Crippen LogP) is 5.11. The summed E-state index contributed by atoms with van der Waals surface area (Å²) in [5, 5.41) is 2.97. The number of benzene rings is 2. The minimum atomic E-state index is -0.114. The minimum Gasteiger partial charge on any atom is -0.494 e. The molecule has 0 aromatic heterocycles. The highest BCUT2D eigenvalue weighted by Crippen LogP contribution is 2.22. The van der Waals surface area contributed by atoms with Crippen molar-refractivity contribution in [2.45, 2.75) is 39.0 Å². The van der Waals surface area contributed by atoms with Crippen molar-refractivity contribution in [3.63, 3.8) is 0 Å². The molecule has 26 heavy (non-hydrogen) atoms. The van der Waals surface area contributed by atoms with E-state index in [4.69, 9.17) is 4.74 Å². The first-order chi connectivity index (χ1) is 12.8. The van der Waals surface area contributed by atoms with Gasteiger partial charge in [0.25, 0.3) is 5.91 Å². The predicted molar refractivity (Wildman–Crippen MR) is 107 cm³/mol. The lowest BCUT2D eigenvalue weighted by molar-refractivity contribution is 0.102. The van der Waals surface area contributed by atoms with Gasteiger partial charge in [0, 0.05) is 30.0 Å². The molecule has 4 nitrogen and oxygen atoms in total. The van der Waals surface area contributed by atoms with Crippen LogP contribution in [0.2, 0.25) is 0 Å². The van der Waals surface area contributed by atoms with Crippen LogP contribution in [-0.4, -0.2) is 25.6 Å². The average Bonchev–Trinajstić information content (AvgIpc) is 2.70. The zero-order chi connectivity index (χ0) is 18.2. The van der Waals surface area contributed by atoms with E-state index in [0.29, 0.717) is 12.2 Å². The lowest BCUT2D eigenvalue weighted by atomic mass is 10.1. The zero-order valence-electron chi connectivity index (χ0n) is 15.5. The molecule has 0 spiro atoms. The minimum absolute atomic E-state index is 0.114. The summed E-state index contributed by atoms with van der Waals surface area (Å²) in [6.07, 6.45) is 5.95. The number of ether oxygens (including phenoxy) is 1. The van der Waals surface area contributed by atoms with Gasteiger partial charge in [0.05, 0.1) is 6.61 Å². The van der Waals surface area contributed by atoms with Crippen LogP contribution in [0, 0.1) is 0 Å². The first kappa shape index (κ1) is 18.3. The Hall–Kier alpha value is -2.49. The maximum atomic E-state index is 12.5. The van der Waals surface area contributed by atoms with E-state index in [9.17, 15) is 4.79 Å². The number of rotatable bonds is 7. The number of anilines is 2. The molecule has 2 aromatic carbocycles. The summed E-state index contributed by atoms with van der Waals surface area (Å²) in [5.41, 5.74) is 2.65. The molecule has 0 atom stereocenters. The van der Waals surface area contributed by atoms with Crippen molar-refractivity contribution >= 4 is 17.3 Å². The summed E-state index contributed by atoms with van der Waals surface area (Å²) in [6.45, 7) is 5.05. The van der Waals surface area contributed by atoms with E-state index in [-0.39, 0.29) is 5.91 Å². The van der Waals surface area contributed by atoms with Crippen molar-refractivity contribution in [1.82, 2.24) is 0 Å². The van der Waals surface area contributed by atoms with Crippen molar-refractivity contribution in [3.05, 3.63) is 54.1 Å². The Morgan fingerprint density at radius 1 is 1.08 bits per heavy atom. The monoisotopic (exact) mass is 352 g/mol. The molecule has 1 saturated heterocycles. The molecule has 3 rings (SSSR count). The van der Waals surface area contributed by atoms with Crippen LogP contribution in [0.4, 0.5) is 11.4 Å². The van der Waals surface area contributed by atoms with E-state index in [1.54, 1.807) is 6.07 Å². The van der Waals surface area contributed by atoms with Crippen LogP contribution in [0.5, 0.6) is 5.75 Å². The average molecular weight is 352 g/mol. The van der Waals surface area contributed by atoms with Crippen LogP contribution in [0.3, 0.4) is 0 Å². The van der Waals surface area contributed by atoms with Crippen LogP contribution in [-0.2, 0) is 0 Å². The molecule has 1 amide bonds. The van der Waals surface area contributed by atoms with Crippen molar-refractivity contribution < 1.29 is 9.53 Å². The lowest BCUT2D eigenvalue weighted by Gasteiger charge is -2.28. The summed E-state index contributed by atoms with van der Waals surface area (Å²) < 4.78 is 5.68. The van der Waals surface area contributed by atoms with Gasteiger partial charge in [-0.15, -0.1) is 0 Å². The fraction of sp³-hybridized carbons (Fsp3) is 0.409. The molecule has 4 heteroatoms. The molecule has 0 unspecified atom stereocenters. The second-order valence-electron chi connectivity index (χ2n) is 6.78. The largest absolute Gasteiger partial charge is 0.494 e. The zero-order valence-corrected chi connectivity index (χ0v) is 15.5. The van der Waals surface area contributed by atoms with Gasteiger partial charge >= 0.3 is 0 Å². The molecule has 0 aliphatic carbocycles. The molecular formula is C22H28N2O2. The number of amides is 1. The Labute approximate surface area is 156 Å². The quantitative estimate of drug-likeness (QED) is 0.704. The smallest absolute Gasteiger partial charge is 0.255 e. The number of hydrogen-bond donors (Lipinski definition) is 1. The highest BCUT2D eigenvalue weighted by molar-refractivity contribution is 6.04. The van der Waals surface area contributed by atoms with Gasteiger partial charge in [0.15, 0.2) is 0 Å². The molecular weight excluding hydrogens is 324 g/mol. The fourth-order valence-electron chi connectivity index (χ4n) is 3.17. The topological polar surface area (TPSA) is 41.6 Å². The molecule has 1 fully saturated rings. The molecule has 138 valence electrons. The van der Waals surface area contributed by atoms with Gasteiger partial charge in [-0.2, -0.15) is 0 Å². The van der Waals surface area contributed by atoms with Gasteiger partial charge in [-0.05, 0) is 68.1 Å². The van der Waals surface area contributed by atoms with Crippen LogP contribution < -0.4 is 15.0 Å². The number of carbonyl (C=O) groups is 1. The van der Waals surface area contributed by atoms with E-state index >= 15 is 0 Å². The highest BCUT2D eigenvalue weighted by Gasteiger charge is 2.11. The second-order valence-corrected chi connectivity index (χ2v) is 6.78. The number of nitrogens with one attached hydrogen (secondary N) is 1. The van der Waals surface area contributed by atoms with Gasteiger partial charge in [-0.25, -0.2) is 0 Å². The summed E-state index contributed by atoms with van der Waals surface area (Å²) >= 11 is 0. The Balaban J connectivity index is 1.59.